The number of nitrogens with zero attached hydrogens (tertiary/aromatic N) is 1. The van der Waals surface area contributed by atoms with Gasteiger partial charge in [0.25, 0.3) is 5.91 Å². The highest BCUT2D eigenvalue weighted by atomic mass is 32.2. The number of phenolic OH excluding ortho intramolecular Hbond substituents is 1. The Morgan fingerprint density at radius 2 is 1.91 bits per heavy atom. The minimum atomic E-state index is -0.0133. The van der Waals surface area contributed by atoms with E-state index < -0.39 is 0 Å². The van der Waals surface area contributed by atoms with Crippen LogP contribution in [-0.2, 0) is 0 Å². The van der Waals surface area contributed by atoms with Crippen molar-refractivity contribution in [3.05, 3.63) is 54.2 Å². The zero-order chi connectivity index (χ0) is 15.7. The lowest BCUT2D eigenvalue weighted by Crippen LogP contribution is -2.22. The fourth-order valence-corrected chi connectivity index (χ4v) is 3.32. The minimum absolute atomic E-state index is 0.0133. The first-order valence-electron chi connectivity index (χ1n) is 6.85. The molecule has 1 aromatic heterocycles. The van der Waals surface area contributed by atoms with Gasteiger partial charge in [0.2, 0.25) is 0 Å². The Labute approximate surface area is 132 Å². The molecule has 4 nitrogen and oxygen atoms in total. The number of carbonyl (C=O) groups excluding carboxylic acids is 1. The molecule has 2 N–H and O–H groups in total. The highest BCUT2D eigenvalue weighted by Gasteiger charge is 2.15. The standard InChI is InChI=1S/C17H16N2O2S/c1-19(2)17(21)13-5-3-4-6-15(13)22-16-10-18-14-9-11(20)7-8-12(14)16/h3-10,18,20H,1-2H3. The summed E-state index contributed by atoms with van der Waals surface area (Å²) in [5.41, 5.74) is 1.56. The molecule has 0 saturated heterocycles. The van der Waals surface area contributed by atoms with Crippen LogP contribution < -0.4 is 0 Å². The van der Waals surface area contributed by atoms with Gasteiger partial charge in [0.1, 0.15) is 5.75 Å². The Kier molecular flexibility index (Phi) is 3.81. The van der Waals surface area contributed by atoms with Gasteiger partial charge in [0.15, 0.2) is 0 Å². The van der Waals surface area contributed by atoms with Crippen molar-refractivity contribution in [2.24, 2.45) is 0 Å². The number of fused-ring (bicyclic) bond motifs is 1. The molecule has 1 heterocycles. The van der Waals surface area contributed by atoms with Crippen LogP contribution in [0.3, 0.4) is 0 Å². The Hall–Kier alpha value is -2.40. The van der Waals surface area contributed by atoms with Crippen molar-refractivity contribution in [3.63, 3.8) is 0 Å². The van der Waals surface area contributed by atoms with Gasteiger partial charge < -0.3 is 15.0 Å². The van der Waals surface area contributed by atoms with E-state index >= 15 is 0 Å². The first kappa shape index (κ1) is 14.5. The molecule has 0 aliphatic carbocycles. The maximum Gasteiger partial charge on any atom is 0.254 e. The summed E-state index contributed by atoms with van der Waals surface area (Å²) in [7, 11) is 3.50. The van der Waals surface area contributed by atoms with E-state index in [4.69, 9.17) is 0 Å². The van der Waals surface area contributed by atoms with Crippen LogP contribution >= 0.6 is 11.8 Å². The van der Waals surface area contributed by atoms with Crippen molar-refractivity contribution in [1.29, 1.82) is 0 Å². The molecule has 3 rings (SSSR count). The lowest BCUT2D eigenvalue weighted by Gasteiger charge is -2.13. The second-order valence-corrected chi connectivity index (χ2v) is 6.26. The minimum Gasteiger partial charge on any atom is -0.508 e. The molecule has 0 bridgehead atoms. The average molecular weight is 312 g/mol. The Morgan fingerprint density at radius 3 is 2.68 bits per heavy atom. The summed E-state index contributed by atoms with van der Waals surface area (Å²) in [5.74, 6) is 0.217. The molecule has 0 saturated carbocycles. The van der Waals surface area contributed by atoms with Gasteiger partial charge >= 0.3 is 0 Å². The van der Waals surface area contributed by atoms with Crippen LogP contribution in [0.15, 0.2) is 58.5 Å². The average Bonchev–Trinajstić information content (AvgIpc) is 2.89. The zero-order valence-corrected chi connectivity index (χ0v) is 13.1. The number of aromatic hydroxyl groups is 1. The number of phenols is 1. The SMILES string of the molecule is CN(C)C(=O)c1ccccc1Sc1c[nH]c2cc(O)ccc12. The Bertz CT molecular complexity index is 840. The van der Waals surface area contributed by atoms with Gasteiger partial charge in [0, 0.05) is 41.5 Å². The number of benzene rings is 2. The van der Waals surface area contributed by atoms with E-state index in [0.717, 1.165) is 20.7 Å². The van der Waals surface area contributed by atoms with Crippen LogP contribution in [-0.4, -0.2) is 35.0 Å². The first-order valence-corrected chi connectivity index (χ1v) is 7.66. The summed E-state index contributed by atoms with van der Waals surface area (Å²) in [6, 6.07) is 12.8. The molecule has 0 radical (unpaired) electrons. The van der Waals surface area contributed by atoms with Gasteiger partial charge in [-0.3, -0.25) is 4.79 Å². The number of aromatic nitrogens is 1. The predicted octanol–water partition coefficient (Wildman–Crippen LogP) is 3.73. The van der Waals surface area contributed by atoms with Crippen LogP contribution in [0, 0.1) is 0 Å². The molecule has 0 atom stereocenters. The van der Waals surface area contributed by atoms with Crippen molar-refractivity contribution < 1.29 is 9.90 Å². The summed E-state index contributed by atoms with van der Waals surface area (Å²) >= 11 is 1.54. The second-order valence-electron chi connectivity index (χ2n) is 5.18. The van der Waals surface area contributed by atoms with Crippen molar-refractivity contribution in [1.82, 2.24) is 9.88 Å². The number of H-pyrrole nitrogens is 1. The molecular formula is C17H16N2O2S. The lowest BCUT2D eigenvalue weighted by molar-refractivity contribution is 0.0824. The summed E-state index contributed by atoms with van der Waals surface area (Å²) in [6.45, 7) is 0. The molecule has 0 fully saturated rings. The molecule has 0 spiro atoms. The van der Waals surface area contributed by atoms with Gasteiger partial charge in [-0.1, -0.05) is 23.9 Å². The van der Waals surface area contributed by atoms with Crippen LogP contribution in [0.4, 0.5) is 0 Å². The highest BCUT2D eigenvalue weighted by molar-refractivity contribution is 7.99. The van der Waals surface area contributed by atoms with Gasteiger partial charge in [-0.15, -0.1) is 0 Å². The highest BCUT2D eigenvalue weighted by Crippen LogP contribution is 2.36. The third kappa shape index (κ3) is 2.67. The maximum absolute atomic E-state index is 12.3. The van der Waals surface area contributed by atoms with Gasteiger partial charge in [-0.2, -0.15) is 0 Å². The number of rotatable bonds is 3. The summed E-state index contributed by atoms with van der Waals surface area (Å²) in [5, 5.41) is 10.6. The summed E-state index contributed by atoms with van der Waals surface area (Å²) in [6.07, 6.45) is 1.89. The number of carbonyl (C=O) groups is 1. The molecule has 2 aromatic carbocycles. The third-order valence-electron chi connectivity index (χ3n) is 3.37. The molecular weight excluding hydrogens is 296 g/mol. The molecule has 3 aromatic rings. The summed E-state index contributed by atoms with van der Waals surface area (Å²) < 4.78 is 0. The normalized spacial score (nSPS) is 10.8. The van der Waals surface area contributed by atoms with Crippen molar-refractivity contribution >= 4 is 28.6 Å². The first-order chi connectivity index (χ1) is 10.6. The van der Waals surface area contributed by atoms with Crippen LogP contribution in [0.25, 0.3) is 10.9 Å². The largest absolute Gasteiger partial charge is 0.508 e. The van der Waals surface area contributed by atoms with E-state index in [2.05, 4.69) is 4.98 Å². The fraction of sp³-hybridized carbons (Fsp3) is 0.118. The number of hydrogen-bond donors (Lipinski definition) is 2. The zero-order valence-electron chi connectivity index (χ0n) is 12.3. The van der Waals surface area contributed by atoms with E-state index in [1.807, 2.05) is 36.5 Å². The maximum atomic E-state index is 12.3. The van der Waals surface area contributed by atoms with Crippen molar-refractivity contribution in [3.8, 4) is 5.75 Å². The van der Waals surface area contributed by atoms with Gasteiger partial charge in [0.05, 0.1) is 11.1 Å². The smallest absolute Gasteiger partial charge is 0.254 e. The molecule has 1 amide bonds. The van der Waals surface area contributed by atoms with E-state index in [-0.39, 0.29) is 11.7 Å². The second kappa shape index (κ2) is 5.77. The van der Waals surface area contributed by atoms with Crippen LogP contribution in [0.1, 0.15) is 10.4 Å². The third-order valence-corrected chi connectivity index (χ3v) is 4.50. The fourth-order valence-electron chi connectivity index (χ4n) is 2.26. The molecule has 0 aliphatic rings. The number of amides is 1. The molecule has 5 heteroatoms. The molecule has 0 unspecified atom stereocenters. The van der Waals surface area contributed by atoms with Crippen LogP contribution in [0.5, 0.6) is 5.75 Å². The molecule has 22 heavy (non-hydrogen) atoms. The van der Waals surface area contributed by atoms with E-state index in [1.54, 1.807) is 42.9 Å². The molecule has 112 valence electrons. The lowest BCUT2D eigenvalue weighted by atomic mass is 10.2. The quantitative estimate of drug-likeness (QED) is 0.775. The van der Waals surface area contributed by atoms with E-state index in [0.29, 0.717) is 5.56 Å². The number of nitrogens with one attached hydrogen (secondary N) is 1. The predicted molar refractivity (Wildman–Crippen MR) is 88.5 cm³/mol. The topological polar surface area (TPSA) is 56.3 Å². The molecule has 0 aliphatic heterocycles. The van der Waals surface area contributed by atoms with Crippen molar-refractivity contribution in [2.75, 3.05) is 14.1 Å². The van der Waals surface area contributed by atoms with Gasteiger partial charge in [-0.25, -0.2) is 0 Å². The van der Waals surface area contributed by atoms with Crippen LogP contribution in [0.2, 0.25) is 0 Å². The number of hydrogen-bond acceptors (Lipinski definition) is 3. The number of aromatic amines is 1. The van der Waals surface area contributed by atoms with Crippen molar-refractivity contribution in [2.45, 2.75) is 9.79 Å². The Morgan fingerprint density at radius 1 is 1.14 bits per heavy atom. The van der Waals surface area contributed by atoms with Gasteiger partial charge in [-0.05, 0) is 24.3 Å². The Balaban J connectivity index is 2.00. The van der Waals surface area contributed by atoms with E-state index in [1.165, 1.54) is 0 Å². The monoisotopic (exact) mass is 312 g/mol. The van der Waals surface area contributed by atoms with E-state index in [9.17, 15) is 9.90 Å². The summed E-state index contributed by atoms with van der Waals surface area (Å²) in [4.78, 5) is 18.9.